The van der Waals surface area contributed by atoms with Crippen LogP contribution in [0.1, 0.15) is 213 Å². The molecule has 1 aliphatic rings. The van der Waals surface area contributed by atoms with Gasteiger partial charge in [-0.2, -0.15) is 0 Å². The molecule has 0 aliphatic carbocycles. The molecule has 12 heteroatoms. The predicted molar refractivity (Wildman–Crippen MR) is 294 cm³/mol. The first-order valence-corrected chi connectivity index (χ1v) is 28.2. The van der Waals surface area contributed by atoms with Gasteiger partial charge in [0.05, 0.1) is 6.61 Å². The van der Waals surface area contributed by atoms with Gasteiger partial charge in [0.1, 0.15) is 18.8 Å². The number of carboxylic acids is 1. The van der Waals surface area contributed by atoms with Crippen LogP contribution in [0.15, 0.2) is 97.2 Å². The Morgan fingerprint density at radius 3 is 1.37 bits per heavy atom. The molecule has 1 aliphatic heterocycles. The molecule has 0 aromatic rings. The van der Waals surface area contributed by atoms with Crippen molar-refractivity contribution in [1.29, 1.82) is 0 Å². The standard InChI is InChI=1S/C61H98O12/c1-4-7-10-13-16-19-22-25-27-30-32-35-38-41-44-47-53(62)69-50-52(71-54(63)48-45-42-39-36-33-29-24-21-18-15-12-9-6-3)51-70-61-59(57(66)56(65)58(73-61)60(67)68)72-55(64)49-46-43-40-37-34-31-28-26-23-20-17-14-11-8-5-2/h7,9-10,12,16,18-19,21,25,27,29,32-33,35,39,42,52,56-59,61,65-66H,4-6,8,11,13-15,17,20,22-24,26,28,30-31,34,36-38,40-41,43-51H2,1-3H3,(H,67,68)/b10-7-,12-9-,19-16-,21-18-,27-25-,33-29-,35-32-,42-39-. The molecule has 1 rings (SSSR count). The molecule has 6 unspecified atom stereocenters. The van der Waals surface area contributed by atoms with Gasteiger partial charge in [-0.3, -0.25) is 14.4 Å². The van der Waals surface area contributed by atoms with Gasteiger partial charge in [-0.05, 0) is 83.5 Å². The maximum absolute atomic E-state index is 13.1. The molecule has 0 radical (unpaired) electrons. The number of hydrogen-bond donors (Lipinski definition) is 3. The SMILES string of the molecule is CC/C=C\C/C=C\C/C=C\C/C=C\CCCCC(=O)OCC(COC1OC(C(=O)O)C(O)C(O)C1OC(=O)CCCCCCCCCCCCCCCCC)OC(=O)CC/C=C\C/C=C\C/C=C\C/C=C\CC. The summed E-state index contributed by atoms with van der Waals surface area (Å²) >= 11 is 0. The summed E-state index contributed by atoms with van der Waals surface area (Å²) in [7, 11) is 0. The summed E-state index contributed by atoms with van der Waals surface area (Å²) in [4.78, 5) is 51.0. The van der Waals surface area contributed by atoms with Gasteiger partial charge in [0.2, 0.25) is 0 Å². The average molecular weight is 1020 g/mol. The fraction of sp³-hybridized carbons (Fsp3) is 0.672. The van der Waals surface area contributed by atoms with Crippen molar-refractivity contribution >= 4 is 23.9 Å². The second-order valence-corrected chi connectivity index (χ2v) is 18.8. The molecule has 1 heterocycles. The van der Waals surface area contributed by atoms with E-state index in [2.05, 4.69) is 106 Å². The molecule has 6 atom stereocenters. The molecule has 1 saturated heterocycles. The fourth-order valence-electron chi connectivity index (χ4n) is 7.90. The van der Waals surface area contributed by atoms with E-state index in [4.69, 9.17) is 23.7 Å². The van der Waals surface area contributed by atoms with E-state index in [1.807, 2.05) is 12.2 Å². The van der Waals surface area contributed by atoms with Crippen LogP contribution in [-0.2, 0) is 42.9 Å². The molecule has 1 fully saturated rings. The largest absolute Gasteiger partial charge is 0.479 e. The number of carboxylic acid groups (broad SMARTS) is 1. The summed E-state index contributed by atoms with van der Waals surface area (Å²) in [5.41, 5.74) is 0. The second-order valence-electron chi connectivity index (χ2n) is 18.8. The van der Waals surface area contributed by atoms with Crippen LogP contribution in [0.4, 0.5) is 0 Å². The zero-order valence-corrected chi connectivity index (χ0v) is 45.3. The van der Waals surface area contributed by atoms with Crippen molar-refractivity contribution in [3.8, 4) is 0 Å². The number of unbranched alkanes of at least 4 members (excludes halogenated alkanes) is 16. The normalized spacial score (nSPS) is 19.1. The molecule has 0 aromatic heterocycles. The highest BCUT2D eigenvalue weighted by Gasteiger charge is 2.50. The summed E-state index contributed by atoms with van der Waals surface area (Å²) in [6.07, 6.45) is 51.2. The maximum Gasteiger partial charge on any atom is 0.335 e. The van der Waals surface area contributed by atoms with Crippen LogP contribution in [0.25, 0.3) is 0 Å². The molecule has 0 saturated carbocycles. The van der Waals surface area contributed by atoms with Gasteiger partial charge in [0.25, 0.3) is 0 Å². The van der Waals surface area contributed by atoms with E-state index >= 15 is 0 Å². The highest BCUT2D eigenvalue weighted by atomic mass is 16.7. The Hall–Kier alpha value is -4.36. The lowest BCUT2D eigenvalue weighted by molar-refractivity contribution is -0.301. The van der Waals surface area contributed by atoms with E-state index in [0.29, 0.717) is 25.7 Å². The smallest absolute Gasteiger partial charge is 0.335 e. The van der Waals surface area contributed by atoms with E-state index in [1.165, 1.54) is 64.2 Å². The minimum Gasteiger partial charge on any atom is -0.479 e. The fourth-order valence-corrected chi connectivity index (χ4v) is 7.90. The van der Waals surface area contributed by atoms with Crippen LogP contribution in [0.2, 0.25) is 0 Å². The first-order valence-electron chi connectivity index (χ1n) is 28.2. The van der Waals surface area contributed by atoms with Crippen LogP contribution in [0.5, 0.6) is 0 Å². The van der Waals surface area contributed by atoms with Crippen molar-refractivity contribution in [2.75, 3.05) is 13.2 Å². The number of allylic oxidation sites excluding steroid dienone is 16. The quantitative estimate of drug-likeness (QED) is 0.0228. The minimum absolute atomic E-state index is 0.0292. The topological polar surface area (TPSA) is 175 Å². The Kier molecular flexibility index (Phi) is 44.4. The van der Waals surface area contributed by atoms with E-state index in [0.717, 1.165) is 83.5 Å². The molecule has 73 heavy (non-hydrogen) atoms. The van der Waals surface area contributed by atoms with E-state index in [-0.39, 0.29) is 25.9 Å². The first kappa shape index (κ1) is 66.7. The molecular weight excluding hydrogens is 925 g/mol. The monoisotopic (exact) mass is 1020 g/mol. The highest BCUT2D eigenvalue weighted by molar-refractivity contribution is 5.74. The molecule has 0 aromatic carbocycles. The summed E-state index contributed by atoms with van der Waals surface area (Å²) in [5.74, 6) is -3.29. The van der Waals surface area contributed by atoms with Gasteiger partial charge in [0.15, 0.2) is 24.6 Å². The van der Waals surface area contributed by atoms with Crippen LogP contribution in [-0.4, -0.2) is 89.2 Å². The highest BCUT2D eigenvalue weighted by Crippen LogP contribution is 2.26. The first-order chi connectivity index (χ1) is 35.6. The number of aliphatic hydroxyl groups is 2. The van der Waals surface area contributed by atoms with Crippen LogP contribution >= 0.6 is 0 Å². The van der Waals surface area contributed by atoms with Crippen LogP contribution in [0, 0.1) is 0 Å². The minimum atomic E-state index is -1.92. The Morgan fingerprint density at radius 1 is 0.466 bits per heavy atom. The lowest BCUT2D eigenvalue weighted by Gasteiger charge is -2.40. The second kappa shape index (κ2) is 48.6. The van der Waals surface area contributed by atoms with Gasteiger partial charge in [-0.15, -0.1) is 0 Å². The Bertz CT molecular complexity index is 1640. The molecule has 3 N–H and O–H groups in total. The number of carbonyl (C=O) groups excluding carboxylic acids is 3. The summed E-state index contributed by atoms with van der Waals surface area (Å²) in [5, 5.41) is 31.4. The summed E-state index contributed by atoms with van der Waals surface area (Å²) < 4.78 is 28.2. The molecule has 414 valence electrons. The maximum atomic E-state index is 13.1. The van der Waals surface area contributed by atoms with Crippen molar-refractivity contribution in [1.82, 2.24) is 0 Å². The molecule has 0 bridgehead atoms. The van der Waals surface area contributed by atoms with E-state index < -0.39 is 67.3 Å². The zero-order valence-electron chi connectivity index (χ0n) is 45.3. The van der Waals surface area contributed by atoms with Gasteiger partial charge >= 0.3 is 23.9 Å². The number of aliphatic hydroxyl groups excluding tert-OH is 2. The van der Waals surface area contributed by atoms with Gasteiger partial charge in [-0.25, -0.2) is 4.79 Å². The van der Waals surface area contributed by atoms with Gasteiger partial charge in [-0.1, -0.05) is 208 Å². The van der Waals surface area contributed by atoms with Gasteiger partial charge in [0, 0.05) is 19.3 Å². The van der Waals surface area contributed by atoms with Crippen molar-refractivity contribution in [3.05, 3.63) is 97.2 Å². The Balaban J connectivity index is 2.77. The number of aliphatic carboxylic acids is 1. The van der Waals surface area contributed by atoms with E-state index in [1.54, 1.807) is 0 Å². The third kappa shape index (κ3) is 38.8. The number of rotatable bonds is 46. The lowest BCUT2D eigenvalue weighted by Crippen LogP contribution is -2.61. The summed E-state index contributed by atoms with van der Waals surface area (Å²) in [6, 6.07) is 0. The molecule has 0 spiro atoms. The third-order valence-corrected chi connectivity index (χ3v) is 12.2. The number of esters is 3. The predicted octanol–water partition coefficient (Wildman–Crippen LogP) is 14.1. The van der Waals surface area contributed by atoms with Gasteiger partial charge < -0.3 is 39.0 Å². The third-order valence-electron chi connectivity index (χ3n) is 12.2. The van der Waals surface area contributed by atoms with Crippen molar-refractivity contribution in [3.63, 3.8) is 0 Å². The molecule has 0 amide bonds. The molecule has 12 nitrogen and oxygen atoms in total. The lowest BCUT2D eigenvalue weighted by atomic mass is 9.98. The number of ether oxygens (including phenoxy) is 5. The zero-order chi connectivity index (χ0) is 53.3. The average Bonchev–Trinajstić information content (AvgIpc) is 3.37. The van der Waals surface area contributed by atoms with Crippen molar-refractivity contribution in [2.24, 2.45) is 0 Å². The van der Waals surface area contributed by atoms with Crippen LogP contribution < -0.4 is 0 Å². The molecular formula is C61H98O12. The van der Waals surface area contributed by atoms with Crippen LogP contribution in [0.3, 0.4) is 0 Å². The number of hydrogen-bond acceptors (Lipinski definition) is 11. The van der Waals surface area contributed by atoms with Crippen molar-refractivity contribution < 1.29 is 58.2 Å². The summed E-state index contributed by atoms with van der Waals surface area (Å²) in [6.45, 7) is 5.65. The van der Waals surface area contributed by atoms with E-state index in [9.17, 15) is 34.5 Å². The number of carbonyl (C=O) groups is 4. The van der Waals surface area contributed by atoms with Crippen molar-refractivity contribution in [2.45, 2.75) is 250 Å². The Morgan fingerprint density at radius 2 is 0.890 bits per heavy atom. The Labute approximate surface area is 441 Å².